The summed E-state index contributed by atoms with van der Waals surface area (Å²) in [6.45, 7) is 5.09. The smallest absolute Gasteiger partial charge is 0.341 e. The van der Waals surface area contributed by atoms with Gasteiger partial charge in [0.2, 0.25) is 11.8 Å². The van der Waals surface area contributed by atoms with Crippen LogP contribution in [0.15, 0.2) is 36.4 Å². The van der Waals surface area contributed by atoms with Crippen LogP contribution in [0.1, 0.15) is 48.3 Å². The Kier molecular flexibility index (Phi) is 7.07. The lowest BCUT2D eigenvalue weighted by molar-refractivity contribution is -0.153. The molecule has 0 aliphatic carbocycles. The van der Waals surface area contributed by atoms with Crippen LogP contribution in [0.5, 0.6) is 17.2 Å². The molecule has 2 fully saturated rings. The SMILES string of the molecule is COC(=O)c1c(OC)cc(OC)cc1C1NC(Cc2ccc(O)cc2)(C(=O)O)C2C(=O)N(C(C)(C)C)C(=O)C12. The molecule has 4 unspecified atom stereocenters. The minimum atomic E-state index is -1.93. The third-order valence-corrected chi connectivity index (χ3v) is 7.41. The number of aliphatic carboxylic acids is 1. The predicted octanol–water partition coefficient (Wildman–Crippen LogP) is 2.31. The van der Waals surface area contributed by atoms with Gasteiger partial charge in [-0.05, 0) is 50.1 Å². The van der Waals surface area contributed by atoms with E-state index >= 15 is 0 Å². The fourth-order valence-corrected chi connectivity index (χ4v) is 5.76. The zero-order valence-corrected chi connectivity index (χ0v) is 22.6. The molecule has 0 spiro atoms. The number of amides is 2. The Morgan fingerprint density at radius 3 is 2.18 bits per heavy atom. The van der Waals surface area contributed by atoms with Crippen molar-refractivity contribution in [2.75, 3.05) is 21.3 Å². The maximum atomic E-state index is 14.0. The maximum Gasteiger partial charge on any atom is 0.341 e. The molecule has 4 atom stereocenters. The van der Waals surface area contributed by atoms with E-state index < -0.39 is 52.7 Å². The van der Waals surface area contributed by atoms with E-state index in [1.165, 1.54) is 45.6 Å². The number of ether oxygens (including phenoxy) is 3. The lowest BCUT2D eigenvalue weighted by atomic mass is 9.76. The first-order valence-corrected chi connectivity index (χ1v) is 12.3. The van der Waals surface area contributed by atoms with E-state index in [2.05, 4.69) is 5.32 Å². The van der Waals surface area contributed by atoms with E-state index in [4.69, 9.17) is 14.2 Å². The summed E-state index contributed by atoms with van der Waals surface area (Å²) in [5, 5.41) is 23.5. The predicted molar refractivity (Wildman–Crippen MR) is 138 cm³/mol. The Labute approximate surface area is 225 Å². The number of imide groups is 1. The fourth-order valence-electron chi connectivity index (χ4n) is 5.76. The number of methoxy groups -OCH3 is 3. The molecule has 0 bridgehead atoms. The number of rotatable bonds is 7. The molecule has 0 saturated carbocycles. The van der Waals surface area contributed by atoms with Crippen molar-refractivity contribution in [3.05, 3.63) is 53.1 Å². The number of carboxylic acid groups (broad SMARTS) is 1. The molecular weight excluding hydrogens is 508 g/mol. The zero-order valence-electron chi connectivity index (χ0n) is 22.6. The molecule has 11 nitrogen and oxygen atoms in total. The third kappa shape index (κ3) is 4.46. The number of carbonyl (C=O) groups is 4. The van der Waals surface area contributed by atoms with Crippen molar-refractivity contribution < 1.29 is 43.6 Å². The number of fused-ring (bicyclic) bond motifs is 1. The molecule has 2 heterocycles. The number of phenols is 1. The quantitative estimate of drug-likeness (QED) is 0.352. The summed E-state index contributed by atoms with van der Waals surface area (Å²) in [6, 6.07) is 7.85. The largest absolute Gasteiger partial charge is 0.508 e. The van der Waals surface area contributed by atoms with Crippen molar-refractivity contribution in [2.24, 2.45) is 11.8 Å². The van der Waals surface area contributed by atoms with Crippen molar-refractivity contribution in [3.63, 3.8) is 0 Å². The van der Waals surface area contributed by atoms with Gasteiger partial charge >= 0.3 is 11.9 Å². The van der Waals surface area contributed by atoms with Crippen LogP contribution in [0, 0.1) is 11.8 Å². The summed E-state index contributed by atoms with van der Waals surface area (Å²) in [4.78, 5) is 55.1. The Balaban J connectivity index is 2.00. The van der Waals surface area contributed by atoms with Gasteiger partial charge < -0.3 is 24.4 Å². The maximum absolute atomic E-state index is 14.0. The Hall–Kier alpha value is -4.12. The average molecular weight is 541 g/mol. The first kappa shape index (κ1) is 27.9. The molecule has 2 aliphatic rings. The van der Waals surface area contributed by atoms with Gasteiger partial charge in [-0.1, -0.05) is 12.1 Å². The molecule has 11 heteroatoms. The van der Waals surface area contributed by atoms with Crippen LogP contribution in [-0.4, -0.2) is 71.3 Å². The highest BCUT2D eigenvalue weighted by Gasteiger charge is 2.69. The van der Waals surface area contributed by atoms with Crippen LogP contribution in [0.4, 0.5) is 0 Å². The van der Waals surface area contributed by atoms with Gasteiger partial charge in [0, 0.05) is 24.1 Å². The molecule has 3 N–H and O–H groups in total. The molecule has 2 aromatic rings. The molecule has 0 radical (unpaired) electrons. The lowest BCUT2D eigenvalue weighted by Crippen LogP contribution is -2.58. The highest BCUT2D eigenvalue weighted by atomic mass is 16.5. The third-order valence-electron chi connectivity index (χ3n) is 7.41. The van der Waals surface area contributed by atoms with Crippen LogP contribution in [0.3, 0.4) is 0 Å². The molecule has 2 amide bonds. The van der Waals surface area contributed by atoms with Gasteiger partial charge in [0.25, 0.3) is 0 Å². The number of esters is 1. The van der Waals surface area contributed by atoms with Gasteiger partial charge in [-0.2, -0.15) is 0 Å². The van der Waals surface area contributed by atoms with Crippen LogP contribution >= 0.6 is 0 Å². The zero-order chi connectivity index (χ0) is 28.9. The topological polar surface area (TPSA) is 152 Å². The minimum absolute atomic E-state index is 0.00418. The highest BCUT2D eigenvalue weighted by Crippen LogP contribution is 2.53. The van der Waals surface area contributed by atoms with Gasteiger partial charge in [0.1, 0.15) is 28.4 Å². The van der Waals surface area contributed by atoms with Gasteiger partial charge in [0.15, 0.2) is 0 Å². The number of likely N-dealkylation sites (tertiary alicyclic amines) is 1. The number of nitrogens with zero attached hydrogens (tertiary/aromatic N) is 1. The Bertz CT molecular complexity index is 1330. The highest BCUT2D eigenvalue weighted by molar-refractivity contribution is 6.10. The molecule has 2 aromatic carbocycles. The second kappa shape index (κ2) is 9.88. The van der Waals surface area contributed by atoms with Gasteiger partial charge in [-0.25, -0.2) is 4.79 Å². The molecular formula is C28H32N2O9. The minimum Gasteiger partial charge on any atom is -0.508 e. The second-order valence-electron chi connectivity index (χ2n) is 10.7. The number of aromatic hydroxyl groups is 1. The fraction of sp³-hybridized carbons (Fsp3) is 0.429. The molecule has 39 heavy (non-hydrogen) atoms. The standard InChI is InChI=1S/C28H32N2O9/c1-27(2,3)30-23(32)20-21(24(30)33)28(26(35)36,13-14-7-9-15(31)10-8-14)29-22(20)17-11-16(37-4)12-18(38-5)19(17)25(34)39-6/h7-12,20-22,29,31H,13H2,1-6H3,(H,35,36). The van der Waals surface area contributed by atoms with Crippen molar-refractivity contribution in [3.8, 4) is 17.2 Å². The number of carbonyl (C=O) groups excluding carboxylic acids is 3. The van der Waals surface area contributed by atoms with Crippen LogP contribution in [0.25, 0.3) is 0 Å². The van der Waals surface area contributed by atoms with Crippen LogP contribution < -0.4 is 14.8 Å². The number of phenolic OH excluding ortho intramolecular Hbond substituents is 1. The van der Waals surface area contributed by atoms with Crippen LogP contribution in [-0.2, 0) is 25.5 Å². The van der Waals surface area contributed by atoms with E-state index in [0.717, 1.165) is 4.90 Å². The summed E-state index contributed by atoms with van der Waals surface area (Å²) in [7, 11) is 3.96. The molecule has 2 aliphatic heterocycles. The van der Waals surface area contributed by atoms with E-state index in [-0.39, 0.29) is 29.0 Å². The van der Waals surface area contributed by atoms with E-state index in [1.54, 1.807) is 32.9 Å². The Morgan fingerprint density at radius 2 is 1.67 bits per heavy atom. The van der Waals surface area contributed by atoms with Crippen LogP contribution in [0.2, 0.25) is 0 Å². The number of carboxylic acids is 1. The van der Waals surface area contributed by atoms with Crippen molar-refractivity contribution in [1.29, 1.82) is 0 Å². The molecule has 2 saturated heterocycles. The summed E-state index contributed by atoms with van der Waals surface area (Å²) in [5.41, 5.74) is -2.14. The first-order valence-electron chi connectivity index (χ1n) is 12.3. The lowest BCUT2D eigenvalue weighted by Gasteiger charge is -2.35. The average Bonchev–Trinajstić information content (AvgIpc) is 3.37. The van der Waals surface area contributed by atoms with Crippen molar-refractivity contribution >= 4 is 23.8 Å². The first-order chi connectivity index (χ1) is 18.3. The number of hydrogen-bond acceptors (Lipinski definition) is 9. The normalized spacial score (nSPS) is 24.5. The second-order valence-corrected chi connectivity index (χ2v) is 10.7. The number of nitrogens with one attached hydrogen (secondary N) is 1. The monoisotopic (exact) mass is 540 g/mol. The number of hydrogen-bond donors (Lipinski definition) is 3. The van der Waals surface area contributed by atoms with Crippen molar-refractivity contribution in [1.82, 2.24) is 10.2 Å². The molecule has 208 valence electrons. The van der Waals surface area contributed by atoms with E-state index in [1.807, 2.05) is 0 Å². The Morgan fingerprint density at radius 1 is 1.03 bits per heavy atom. The van der Waals surface area contributed by atoms with Crippen molar-refractivity contribution in [2.45, 2.75) is 44.3 Å². The summed E-state index contributed by atoms with van der Waals surface area (Å²) >= 11 is 0. The van der Waals surface area contributed by atoms with E-state index in [0.29, 0.717) is 11.3 Å². The molecule has 0 aromatic heterocycles. The summed E-state index contributed by atoms with van der Waals surface area (Å²) < 4.78 is 15.8. The van der Waals surface area contributed by atoms with Gasteiger partial charge in [-0.15, -0.1) is 0 Å². The summed E-state index contributed by atoms with van der Waals surface area (Å²) in [6.07, 6.45) is -0.175. The summed E-state index contributed by atoms with van der Waals surface area (Å²) in [5.74, 6) is -5.35. The number of benzene rings is 2. The molecule has 4 rings (SSSR count). The van der Waals surface area contributed by atoms with E-state index in [9.17, 15) is 29.4 Å². The van der Waals surface area contributed by atoms with Gasteiger partial charge in [0.05, 0.1) is 33.2 Å². The van der Waals surface area contributed by atoms with Gasteiger partial charge in [-0.3, -0.25) is 24.6 Å².